The van der Waals surface area contributed by atoms with Crippen molar-refractivity contribution in [1.82, 2.24) is 9.97 Å². The summed E-state index contributed by atoms with van der Waals surface area (Å²) in [7, 11) is 0. The molecule has 0 saturated carbocycles. The average molecular weight is 449 g/mol. The van der Waals surface area contributed by atoms with Gasteiger partial charge in [-0.2, -0.15) is 0 Å². The fourth-order valence-electron chi connectivity index (χ4n) is 4.87. The second-order valence-electron chi connectivity index (χ2n) is 8.65. The molecule has 3 heterocycles. The maximum absolute atomic E-state index is 6.53. The van der Waals surface area contributed by atoms with Crippen molar-refractivity contribution in [3.63, 3.8) is 0 Å². The molecule has 0 fully saturated rings. The third-order valence-corrected chi connectivity index (χ3v) is 6.52. The molecule has 0 aliphatic carbocycles. The van der Waals surface area contributed by atoms with Gasteiger partial charge in [-0.3, -0.25) is 4.98 Å². The van der Waals surface area contributed by atoms with Crippen molar-refractivity contribution in [1.29, 1.82) is 0 Å². The van der Waals surface area contributed by atoms with Crippen molar-refractivity contribution in [2.45, 2.75) is 0 Å². The molecular formula is C32H20N2O. The van der Waals surface area contributed by atoms with E-state index in [9.17, 15) is 0 Å². The summed E-state index contributed by atoms with van der Waals surface area (Å²) >= 11 is 0. The Morgan fingerprint density at radius 3 is 2.20 bits per heavy atom. The van der Waals surface area contributed by atoms with Crippen LogP contribution < -0.4 is 0 Å². The molecule has 0 N–H and O–H groups in total. The second kappa shape index (κ2) is 7.93. The number of hydrogen-bond acceptors (Lipinski definition) is 3. The van der Waals surface area contributed by atoms with Crippen LogP contribution in [-0.4, -0.2) is 9.97 Å². The Labute approximate surface area is 202 Å². The smallest absolute Gasteiger partial charge is 0.145 e. The number of aromatic nitrogens is 2. The third kappa shape index (κ3) is 3.29. The zero-order valence-corrected chi connectivity index (χ0v) is 18.8. The fourth-order valence-corrected chi connectivity index (χ4v) is 4.87. The summed E-state index contributed by atoms with van der Waals surface area (Å²) in [6.45, 7) is 0. The van der Waals surface area contributed by atoms with Crippen LogP contribution in [-0.2, 0) is 0 Å². The number of rotatable bonds is 3. The maximum atomic E-state index is 6.53. The lowest BCUT2D eigenvalue weighted by molar-refractivity contribution is 0.670. The van der Waals surface area contributed by atoms with Crippen LogP contribution in [0.15, 0.2) is 126 Å². The van der Waals surface area contributed by atoms with Gasteiger partial charge in [-0.1, -0.05) is 72.8 Å². The van der Waals surface area contributed by atoms with E-state index in [1.807, 2.05) is 36.4 Å². The quantitative estimate of drug-likeness (QED) is 0.272. The molecule has 35 heavy (non-hydrogen) atoms. The molecule has 0 saturated heterocycles. The SMILES string of the molecule is c1ccc(-c2ccc3oc4c(-c5cccc(-c6ccccn6)n5)c5ccccc5cc4c3c2)cc1. The van der Waals surface area contributed by atoms with Crippen LogP contribution in [0.1, 0.15) is 0 Å². The summed E-state index contributed by atoms with van der Waals surface area (Å²) < 4.78 is 6.53. The normalized spacial score (nSPS) is 11.4. The molecular weight excluding hydrogens is 428 g/mol. The van der Waals surface area contributed by atoms with E-state index < -0.39 is 0 Å². The highest BCUT2D eigenvalue weighted by atomic mass is 16.3. The first-order chi connectivity index (χ1) is 17.3. The van der Waals surface area contributed by atoms with Crippen molar-refractivity contribution in [3.8, 4) is 33.8 Å². The van der Waals surface area contributed by atoms with E-state index in [1.54, 1.807) is 6.20 Å². The van der Waals surface area contributed by atoms with Gasteiger partial charge in [-0.15, -0.1) is 0 Å². The van der Waals surface area contributed by atoms with Crippen molar-refractivity contribution in [2.75, 3.05) is 0 Å². The number of furan rings is 1. The minimum absolute atomic E-state index is 0.839. The van der Waals surface area contributed by atoms with Crippen molar-refractivity contribution in [3.05, 3.63) is 121 Å². The van der Waals surface area contributed by atoms with Crippen LogP contribution in [0.25, 0.3) is 66.5 Å². The summed E-state index contributed by atoms with van der Waals surface area (Å²) in [5.41, 5.74) is 7.66. The highest BCUT2D eigenvalue weighted by Crippen LogP contribution is 2.41. The van der Waals surface area contributed by atoms with Crippen molar-refractivity contribution < 1.29 is 4.42 Å². The monoisotopic (exact) mass is 448 g/mol. The van der Waals surface area contributed by atoms with Crippen LogP contribution >= 0.6 is 0 Å². The lowest BCUT2D eigenvalue weighted by Crippen LogP contribution is -1.91. The topological polar surface area (TPSA) is 38.9 Å². The summed E-state index contributed by atoms with van der Waals surface area (Å²) in [5, 5.41) is 4.48. The van der Waals surface area contributed by atoms with E-state index in [1.165, 1.54) is 11.1 Å². The Balaban J connectivity index is 1.53. The number of hydrogen-bond donors (Lipinski definition) is 0. The molecule has 7 aromatic rings. The molecule has 0 aliphatic rings. The largest absolute Gasteiger partial charge is 0.455 e. The van der Waals surface area contributed by atoms with E-state index in [0.717, 1.165) is 55.4 Å². The minimum atomic E-state index is 0.839. The van der Waals surface area contributed by atoms with E-state index in [4.69, 9.17) is 9.40 Å². The lowest BCUT2D eigenvalue weighted by atomic mass is 9.96. The maximum Gasteiger partial charge on any atom is 0.145 e. The van der Waals surface area contributed by atoms with Gasteiger partial charge < -0.3 is 4.42 Å². The standard InChI is InChI=1S/C32H20N2O/c1-2-9-21(10-3-1)22-16-17-30-25(19-22)26-20-23-11-4-5-12-24(23)31(32(26)35-30)29-15-8-14-28(34-29)27-13-6-7-18-33-27/h1-20H. The van der Waals surface area contributed by atoms with Gasteiger partial charge in [-0.05, 0) is 64.4 Å². The van der Waals surface area contributed by atoms with Crippen LogP contribution in [0.3, 0.4) is 0 Å². The van der Waals surface area contributed by atoms with Gasteiger partial charge in [0.05, 0.1) is 22.6 Å². The van der Waals surface area contributed by atoms with Gasteiger partial charge in [-0.25, -0.2) is 4.98 Å². The van der Waals surface area contributed by atoms with Crippen molar-refractivity contribution in [2.24, 2.45) is 0 Å². The Morgan fingerprint density at radius 1 is 0.514 bits per heavy atom. The van der Waals surface area contributed by atoms with E-state index >= 15 is 0 Å². The van der Waals surface area contributed by atoms with Crippen molar-refractivity contribution >= 4 is 32.7 Å². The van der Waals surface area contributed by atoms with Crippen LogP contribution in [0.4, 0.5) is 0 Å². The van der Waals surface area contributed by atoms with Gasteiger partial charge in [0.2, 0.25) is 0 Å². The van der Waals surface area contributed by atoms with Gasteiger partial charge in [0.15, 0.2) is 0 Å². The highest BCUT2D eigenvalue weighted by Gasteiger charge is 2.18. The zero-order chi connectivity index (χ0) is 23.2. The molecule has 7 rings (SSSR count). The first-order valence-electron chi connectivity index (χ1n) is 11.7. The predicted octanol–water partition coefficient (Wildman–Crippen LogP) is 8.53. The molecule has 0 unspecified atom stereocenters. The second-order valence-corrected chi connectivity index (χ2v) is 8.65. The Kier molecular flexibility index (Phi) is 4.46. The molecule has 3 nitrogen and oxygen atoms in total. The van der Waals surface area contributed by atoms with E-state index in [0.29, 0.717) is 0 Å². The third-order valence-electron chi connectivity index (χ3n) is 6.52. The van der Waals surface area contributed by atoms with Crippen LogP contribution in [0.5, 0.6) is 0 Å². The van der Waals surface area contributed by atoms with Gasteiger partial charge in [0, 0.05) is 17.0 Å². The first kappa shape index (κ1) is 19.7. The molecule has 3 aromatic heterocycles. The first-order valence-corrected chi connectivity index (χ1v) is 11.7. The summed E-state index contributed by atoms with van der Waals surface area (Å²) in [5.74, 6) is 0. The molecule has 4 aromatic carbocycles. The predicted molar refractivity (Wildman–Crippen MR) is 143 cm³/mol. The Morgan fingerprint density at radius 2 is 1.31 bits per heavy atom. The minimum Gasteiger partial charge on any atom is -0.455 e. The van der Waals surface area contributed by atoms with Crippen LogP contribution in [0.2, 0.25) is 0 Å². The molecule has 0 radical (unpaired) electrons. The highest BCUT2D eigenvalue weighted by molar-refractivity contribution is 6.18. The van der Waals surface area contributed by atoms with Crippen LogP contribution in [0, 0.1) is 0 Å². The van der Waals surface area contributed by atoms with E-state index in [2.05, 4.69) is 83.8 Å². The van der Waals surface area contributed by atoms with E-state index in [-0.39, 0.29) is 0 Å². The van der Waals surface area contributed by atoms with Gasteiger partial charge >= 0.3 is 0 Å². The number of benzene rings is 4. The Bertz CT molecular complexity index is 1840. The van der Waals surface area contributed by atoms with Gasteiger partial charge in [0.1, 0.15) is 11.2 Å². The summed E-state index contributed by atoms with van der Waals surface area (Å²) in [4.78, 5) is 9.52. The molecule has 0 aliphatic heterocycles. The molecule has 0 amide bonds. The summed E-state index contributed by atoms with van der Waals surface area (Å²) in [6.07, 6.45) is 1.80. The molecule has 3 heteroatoms. The molecule has 0 atom stereocenters. The Hall–Kier alpha value is -4.76. The average Bonchev–Trinajstić information content (AvgIpc) is 3.30. The number of pyridine rings is 2. The molecule has 164 valence electrons. The number of nitrogens with zero attached hydrogens (tertiary/aromatic N) is 2. The van der Waals surface area contributed by atoms with Gasteiger partial charge in [0.25, 0.3) is 0 Å². The molecule has 0 bridgehead atoms. The lowest BCUT2D eigenvalue weighted by Gasteiger charge is -2.09. The summed E-state index contributed by atoms with van der Waals surface area (Å²) in [6, 6.07) is 39.5. The molecule has 0 spiro atoms. The zero-order valence-electron chi connectivity index (χ0n) is 18.8. The number of fused-ring (bicyclic) bond motifs is 4. The fraction of sp³-hybridized carbons (Fsp3) is 0.